The Morgan fingerprint density at radius 2 is 0.776 bits per heavy atom. The van der Waals surface area contributed by atoms with Gasteiger partial charge in [-0.3, -0.25) is 0 Å². The minimum absolute atomic E-state index is 0.159. The van der Waals surface area contributed by atoms with E-state index in [-0.39, 0.29) is 54.6 Å². The molecule has 49 heavy (non-hydrogen) atoms. The molecular weight excluding hydrogens is 581 g/mol. The molecule has 0 saturated carbocycles. The lowest BCUT2D eigenvalue weighted by molar-refractivity contribution is 0.669. The van der Waals surface area contributed by atoms with Crippen molar-refractivity contribution in [2.75, 3.05) is 0 Å². The van der Waals surface area contributed by atoms with Gasteiger partial charge in [-0.1, -0.05) is 88.6 Å². The molecule has 0 atom stereocenters. The predicted octanol–water partition coefficient (Wildman–Crippen LogP) is -1.17. The summed E-state index contributed by atoms with van der Waals surface area (Å²) in [6.45, 7) is 0. The first kappa shape index (κ1) is 31.8. The van der Waals surface area contributed by atoms with Crippen LogP contribution >= 0.6 is 0 Å². The van der Waals surface area contributed by atoms with E-state index in [0.29, 0.717) is 22.3 Å². The van der Waals surface area contributed by atoms with Crippen LogP contribution in [0.1, 0.15) is 0 Å². The second-order valence-electron chi connectivity index (χ2n) is 12.2. The fourth-order valence-corrected chi connectivity index (χ4v) is 7.16. The van der Waals surface area contributed by atoms with Gasteiger partial charge in [-0.15, -0.1) is 32.8 Å². The highest BCUT2D eigenvalue weighted by Crippen LogP contribution is 2.44. The van der Waals surface area contributed by atoms with Crippen molar-refractivity contribution in [1.29, 1.82) is 0 Å². The maximum atomic E-state index is 6.62. The topological polar surface area (TPSA) is 13.1 Å². The highest BCUT2D eigenvalue weighted by Gasteiger charge is 2.22. The van der Waals surface area contributed by atoms with E-state index in [1.54, 1.807) is 0 Å². The van der Waals surface area contributed by atoms with Gasteiger partial charge in [-0.25, -0.2) is 0 Å². The van der Waals surface area contributed by atoms with E-state index in [0.717, 1.165) is 54.6 Å². The second kappa shape index (κ2) is 11.5. The molecule has 0 unspecified atom stereocenters. The first-order chi connectivity index (χ1) is 23.5. The van der Waals surface area contributed by atoms with Gasteiger partial charge in [0.2, 0.25) is 0 Å². The third kappa shape index (κ3) is 4.54. The molecule has 0 amide bonds. The van der Waals surface area contributed by atoms with Crippen LogP contribution in [0.4, 0.5) is 0 Å². The fourth-order valence-electron chi connectivity index (χ4n) is 7.16. The Morgan fingerprint density at radius 3 is 1.29 bits per heavy atom. The molecule has 0 spiro atoms. The van der Waals surface area contributed by atoms with Crippen molar-refractivity contribution in [3.8, 4) is 33.4 Å². The molecule has 1 heterocycles. The summed E-state index contributed by atoms with van der Waals surface area (Å²) in [5.74, 6) is 0. The number of benzene rings is 7. The highest BCUT2D eigenvalue weighted by molar-refractivity contribution is 6.70. The summed E-state index contributed by atoms with van der Waals surface area (Å²) in [7, 11) is 63.6. The van der Waals surface area contributed by atoms with Crippen LogP contribution in [0.2, 0.25) is 0 Å². The van der Waals surface area contributed by atoms with Gasteiger partial charge in [0.05, 0.1) is 0 Å². The van der Waals surface area contributed by atoms with Crippen LogP contribution in [-0.2, 0) is 0 Å². The molecule has 11 heteroatoms. The van der Waals surface area contributed by atoms with Crippen LogP contribution in [0.3, 0.4) is 0 Å². The fraction of sp³-hybridized carbons (Fsp3) is 0. The normalized spacial score (nSPS) is 11.7. The molecule has 1 nitrogen and oxygen atoms in total. The van der Waals surface area contributed by atoms with Crippen LogP contribution in [0.15, 0.2) is 89.3 Å². The summed E-state index contributed by atoms with van der Waals surface area (Å²) >= 11 is 0. The average molecular weight is 595 g/mol. The SMILES string of the molecule is [B]c1c([B])c([B])c(-c2c3ccccc3c(-c3ccc4c(c3)oc3cccc(-c5c([B])c([B])c([B])c([B])c5[B])c34)c3ccccc23)c([B])c1[B]. The maximum absolute atomic E-state index is 6.62. The average Bonchev–Trinajstić information content (AvgIpc) is 3.50. The van der Waals surface area contributed by atoms with E-state index >= 15 is 0 Å². The first-order valence-corrected chi connectivity index (χ1v) is 15.4. The van der Waals surface area contributed by atoms with Gasteiger partial charge in [-0.05, 0) is 73.1 Å². The predicted molar refractivity (Wildman–Crippen MR) is 219 cm³/mol. The number of fused-ring (bicyclic) bond motifs is 5. The minimum Gasteiger partial charge on any atom is -0.456 e. The van der Waals surface area contributed by atoms with E-state index in [2.05, 4.69) is 18.2 Å². The molecule has 20 radical (unpaired) electrons. The smallest absolute Gasteiger partial charge is 0.136 e. The molecule has 0 aliphatic rings. The lowest BCUT2D eigenvalue weighted by atomic mass is 9.59. The summed E-state index contributed by atoms with van der Waals surface area (Å²) < 4.78 is 6.49. The van der Waals surface area contributed by atoms with Crippen LogP contribution in [-0.4, -0.2) is 78.5 Å². The molecule has 0 aliphatic carbocycles. The van der Waals surface area contributed by atoms with Crippen molar-refractivity contribution >= 4 is 177 Å². The van der Waals surface area contributed by atoms with Gasteiger partial charge in [0.15, 0.2) is 0 Å². The van der Waals surface area contributed by atoms with E-state index in [9.17, 15) is 0 Å². The van der Waals surface area contributed by atoms with E-state index in [1.807, 2.05) is 66.7 Å². The highest BCUT2D eigenvalue weighted by atomic mass is 16.3. The largest absolute Gasteiger partial charge is 0.456 e. The van der Waals surface area contributed by atoms with Crippen molar-refractivity contribution in [3.05, 3.63) is 84.9 Å². The maximum Gasteiger partial charge on any atom is 0.136 e. The summed E-state index contributed by atoms with van der Waals surface area (Å²) in [6.07, 6.45) is 0. The monoisotopic (exact) mass is 596 g/mol. The molecule has 0 saturated heterocycles. The van der Waals surface area contributed by atoms with Crippen LogP contribution in [0.5, 0.6) is 0 Å². The van der Waals surface area contributed by atoms with Gasteiger partial charge in [0.25, 0.3) is 0 Å². The van der Waals surface area contributed by atoms with Crippen molar-refractivity contribution in [1.82, 2.24) is 0 Å². The third-order valence-corrected chi connectivity index (χ3v) is 9.64. The molecule has 0 N–H and O–H groups in total. The third-order valence-electron chi connectivity index (χ3n) is 9.64. The molecule has 8 aromatic rings. The van der Waals surface area contributed by atoms with Crippen molar-refractivity contribution < 1.29 is 4.42 Å². The van der Waals surface area contributed by atoms with Crippen LogP contribution in [0, 0.1) is 0 Å². The van der Waals surface area contributed by atoms with E-state index in [1.165, 1.54) is 0 Å². The molecule has 7 aromatic carbocycles. The summed E-state index contributed by atoms with van der Waals surface area (Å²) in [5.41, 5.74) is 8.00. The molecule has 8 rings (SSSR count). The number of rotatable bonds is 3. The van der Waals surface area contributed by atoms with E-state index < -0.39 is 0 Å². The summed E-state index contributed by atoms with van der Waals surface area (Å²) in [6, 6.07) is 28.0. The quantitative estimate of drug-likeness (QED) is 0.186. The molecular formula is C38H14B10O. The van der Waals surface area contributed by atoms with Gasteiger partial charge < -0.3 is 4.42 Å². The molecule has 0 bridgehead atoms. The molecule has 202 valence electrons. The van der Waals surface area contributed by atoms with Crippen LogP contribution < -0.4 is 54.6 Å². The zero-order valence-electron chi connectivity index (χ0n) is 26.3. The molecule has 0 aliphatic heterocycles. The van der Waals surface area contributed by atoms with Crippen molar-refractivity contribution in [3.63, 3.8) is 0 Å². The van der Waals surface area contributed by atoms with Crippen molar-refractivity contribution in [2.24, 2.45) is 0 Å². The van der Waals surface area contributed by atoms with Gasteiger partial charge >= 0.3 is 0 Å². The molecule has 1 aromatic heterocycles. The minimum atomic E-state index is 0.159. The Balaban J connectivity index is 1.43. The lowest BCUT2D eigenvalue weighted by Crippen LogP contribution is -2.55. The first-order valence-electron chi connectivity index (χ1n) is 15.4. The Labute approximate surface area is 298 Å². The molecule has 0 fully saturated rings. The van der Waals surface area contributed by atoms with Gasteiger partial charge in [0.1, 0.15) is 89.6 Å². The van der Waals surface area contributed by atoms with Crippen molar-refractivity contribution in [2.45, 2.75) is 0 Å². The Morgan fingerprint density at radius 1 is 0.327 bits per heavy atom. The Bertz CT molecular complexity index is 2620. The standard InChI is InChI=1S/C38H14B10O/c39-29-27(30(40)34(44)37(47)33(29)43)21-10-5-11-22-25(21)20-13-12-15(14-23(20)49-22)24-16-6-1-3-8-18(16)26(19-9-4-2-7-17(19)24)28-31(41)35(45)38(48)36(46)32(28)42/h1-14H. The Hall–Kier alpha value is -4.49. The number of furan rings is 1. The lowest BCUT2D eigenvalue weighted by Gasteiger charge is -2.25. The van der Waals surface area contributed by atoms with Gasteiger partial charge in [-0.2, -0.15) is 0 Å². The zero-order chi connectivity index (χ0) is 34.5. The summed E-state index contributed by atoms with van der Waals surface area (Å²) in [4.78, 5) is 0. The number of hydrogen-bond donors (Lipinski definition) is 0. The second-order valence-corrected chi connectivity index (χ2v) is 12.2. The number of hydrogen-bond acceptors (Lipinski definition) is 1. The van der Waals surface area contributed by atoms with Gasteiger partial charge in [0, 0.05) is 10.8 Å². The summed E-state index contributed by atoms with van der Waals surface area (Å²) in [5, 5.41) is 5.44. The van der Waals surface area contributed by atoms with Crippen LogP contribution in [0.25, 0.3) is 76.9 Å². The Kier molecular flexibility index (Phi) is 7.49. The van der Waals surface area contributed by atoms with E-state index in [4.69, 9.17) is 82.9 Å². The zero-order valence-corrected chi connectivity index (χ0v) is 26.3.